The van der Waals surface area contributed by atoms with E-state index in [4.69, 9.17) is 0 Å². The van der Waals surface area contributed by atoms with Crippen LogP contribution in [0.25, 0.3) is 0 Å². The van der Waals surface area contributed by atoms with E-state index in [-0.39, 0.29) is 6.04 Å². The summed E-state index contributed by atoms with van der Waals surface area (Å²) in [6.45, 7) is 0.303. The number of nitrogens with one attached hydrogen (secondary N) is 1. The molecule has 0 saturated carbocycles. The zero-order valence-electron chi connectivity index (χ0n) is 9.28. The Bertz CT molecular complexity index is 512. The van der Waals surface area contributed by atoms with Gasteiger partial charge in [0.15, 0.2) is 0 Å². The lowest BCUT2D eigenvalue weighted by Gasteiger charge is -2.16. The second-order valence-electron chi connectivity index (χ2n) is 3.68. The Balaban J connectivity index is 2.20. The molecule has 2 heterocycles. The van der Waals surface area contributed by atoms with Gasteiger partial charge in [0.05, 0.1) is 12.3 Å². The van der Waals surface area contributed by atoms with Crippen LogP contribution in [0.2, 0.25) is 0 Å². The van der Waals surface area contributed by atoms with E-state index in [1.54, 1.807) is 22.2 Å². The Labute approximate surface area is 104 Å². The number of hydrogen-bond acceptors (Lipinski definition) is 4. The summed E-state index contributed by atoms with van der Waals surface area (Å²) in [5.74, 6) is 0. The van der Waals surface area contributed by atoms with Crippen LogP contribution >= 0.6 is 11.3 Å². The van der Waals surface area contributed by atoms with E-state index in [1.165, 1.54) is 0 Å². The van der Waals surface area contributed by atoms with Crippen molar-refractivity contribution in [1.82, 2.24) is 14.5 Å². The van der Waals surface area contributed by atoms with Crippen LogP contribution in [0.5, 0.6) is 0 Å². The van der Waals surface area contributed by atoms with E-state index in [2.05, 4.69) is 9.82 Å². The van der Waals surface area contributed by atoms with Crippen molar-refractivity contribution >= 4 is 21.4 Å². The monoisotopic (exact) mass is 271 g/mol. The largest absolute Gasteiger partial charge is 0.264 e. The van der Waals surface area contributed by atoms with E-state index in [1.807, 2.05) is 29.1 Å². The lowest BCUT2D eigenvalue weighted by atomic mass is 10.1. The Hall–Kier alpha value is -1.18. The summed E-state index contributed by atoms with van der Waals surface area (Å²) in [4.78, 5) is 0. The summed E-state index contributed by atoms with van der Waals surface area (Å²) in [5, 5.41) is 8.12. The van der Waals surface area contributed by atoms with Crippen molar-refractivity contribution in [2.75, 3.05) is 12.8 Å². The molecule has 0 fully saturated rings. The van der Waals surface area contributed by atoms with Crippen LogP contribution in [-0.2, 0) is 10.0 Å². The maximum Gasteiger partial charge on any atom is 0.208 e. The van der Waals surface area contributed by atoms with Gasteiger partial charge in [-0.1, -0.05) is 0 Å². The number of aromatic nitrogens is 2. The SMILES string of the molecule is CS(=O)(=O)NC[C@@H](c1ccsc1)n1cccn1. The van der Waals surface area contributed by atoms with Crippen LogP contribution in [0.1, 0.15) is 11.6 Å². The molecule has 0 saturated heterocycles. The summed E-state index contributed by atoms with van der Waals surface area (Å²) in [7, 11) is -3.19. The van der Waals surface area contributed by atoms with Gasteiger partial charge in [0.2, 0.25) is 10.0 Å². The lowest BCUT2D eigenvalue weighted by Crippen LogP contribution is -2.30. The summed E-state index contributed by atoms with van der Waals surface area (Å²) in [6.07, 6.45) is 4.66. The van der Waals surface area contributed by atoms with Gasteiger partial charge in [-0.05, 0) is 28.5 Å². The average molecular weight is 271 g/mol. The second kappa shape index (κ2) is 4.99. The molecule has 2 aromatic heterocycles. The summed E-state index contributed by atoms with van der Waals surface area (Å²) >= 11 is 1.58. The van der Waals surface area contributed by atoms with Crippen molar-refractivity contribution in [1.29, 1.82) is 0 Å². The smallest absolute Gasteiger partial charge is 0.208 e. The zero-order chi connectivity index (χ0) is 12.3. The normalized spacial score (nSPS) is 13.7. The maximum atomic E-state index is 11.1. The zero-order valence-corrected chi connectivity index (χ0v) is 10.9. The third kappa shape index (κ3) is 3.39. The molecule has 0 aliphatic heterocycles. The number of sulfonamides is 1. The van der Waals surface area contributed by atoms with Gasteiger partial charge in [0.1, 0.15) is 0 Å². The molecule has 0 aromatic carbocycles. The predicted molar refractivity (Wildman–Crippen MR) is 67.5 cm³/mol. The molecule has 2 aromatic rings. The number of rotatable bonds is 5. The van der Waals surface area contributed by atoms with Crippen LogP contribution in [0, 0.1) is 0 Å². The standard InChI is InChI=1S/C10H13N3O2S2/c1-17(14,15)12-7-10(9-3-6-16-8-9)13-5-2-4-11-13/h2-6,8,10,12H,7H2,1H3/t10-/m0/s1. The molecule has 2 rings (SSSR count). The minimum atomic E-state index is -3.19. The second-order valence-corrected chi connectivity index (χ2v) is 6.29. The number of hydrogen-bond donors (Lipinski definition) is 1. The molecule has 0 aliphatic carbocycles. The van der Waals surface area contributed by atoms with E-state index < -0.39 is 10.0 Å². The minimum absolute atomic E-state index is 0.106. The quantitative estimate of drug-likeness (QED) is 0.885. The molecule has 1 N–H and O–H groups in total. The van der Waals surface area contributed by atoms with E-state index in [0.717, 1.165) is 11.8 Å². The molecular weight excluding hydrogens is 258 g/mol. The van der Waals surface area contributed by atoms with Gasteiger partial charge in [-0.15, -0.1) is 0 Å². The molecule has 17 heavy (non-hydrogen) atoms. The highest BCUT2D eigenvalue weighted by Gasteiger charge is 2.16. The van der Waals surface area contributed by atoms with Crippen molar-refractivity contribution in [3.8, 4) is 0 Å². The molecule has 92 valence electrons. The Morgan fingerprint density at radius 2 is 2.41 bits per heavy atom. The van der Waals surface area contributed by atoms with Gasteiger partial charge in [-0.25, -0.2) is 13.1 Å². The first kappa shape index (κ1) is 12.3. The van der Waals surface area contributed by atoms with Crippen LogP contribution in [-0.4, -0.2) is 31.0 Å². The minimum Gasteiger partial charge on any atom is -0.264 e. The Kier molecular flexibility index (Phi) is 3.60. The first-order chi connectivity index (χ1) is 8.06. The van der Waals surface area contributed by atoms with Crippen LogP contribution in [0.4, 0.5) is 0 Å². The van der Waals surface area contributed by atoms with Crippen LogP contribution in [0.3, 0.4) is 0 Å². The van der Waals surface area contributed by atoms with Crippen molar-refractivity contribution in [2.24, 2.45) is 0 Å². The highest BCUT2D eigenvalue weighted by molar-refractivity contribution is 7.88. The van der Waals surface area contributed by atoms with Gasteiger partial charge in [0, 0.05) is 18.9 Å². The molecule has 5 nitrogen and oxygen atoms in total. The fourth-order valence-corrected chi connectivity index (χ4v) is 2.69. The lowest BCUT2D eigenvalue weighted by molar-refractivity contribution is 0.508. The molecule has 0 aliphatic rings. The fraction of sp³-hybridized carbons (Fsp3) is 0.300. The molecule has 7 heteroatoms. The molecule has 0 spiro atoms. The highest BCUT2D eigenvalue weighted by Crippen LogP contribution is 2.19. The van der Waals surface area contributed by atoms with Crippen LogP contribution in [0.15, 0.2) is 35.3 Å². The summed E-state index contributed by atoms with van der Waals surface area (Å²) in [6, 6.07) is 3.69. The van der Waals surface area contributed by atoms with Crippen molar-refractivity contribution in [3.05, 3.63) is 40.8 Å². The number of thiophene rings is 1. The number of nitrogens with zero attached hydrogens (tertiary/aromatic N) is 2. The average Bonchev–Trinajstić information content (AvgIpc) is 2.86. The van der Waals surface area contributed by atoms with Crippen molar-refractivity contribution in [3.63, 3.8) is 0 Å². The first-order valence-electron chi connectivity index (χ1n) is 5.02. The van der Waals surface area contributed by atoms with Gasteiger partial charge >= 0.3 is 0 Å². The van der Waals surface area contributed by atoms with Crippen molar-refractivity contribution in [2.45, 2.75) is 6.04 Å². The van der Waals surface area contributed by atoms with E-state index >= 15 is 0 Å². The Morgan fingerprint density at radius 3 is 2.94 bits per heavy atom. The molecule has 0 bridgehead atoms. The molecule has 0 amide bonds. The third-order valence-electron chi connectivity index (χ3n) is 2.31. The van der Waals surface area contributed by atoms with Gasteiger partial charge in [-0.3, -0.25) is 4.68 Å². The van der Waals surface area contributed by atoms with Gasteiger partial charge in [0.25, 0.3) is 0 Å². The molecule has 0 radical (unpaired) electrons. The van der Waals surface area contributed by atoms with E-state index in [0.29, 0.717) is 6.54 Å². The predicted octanol–water partition coefficient (Wildman–Crippen LogP) is 1.08. The third-order valence-corrected chi connectivity index (χ3v) is 3.70. The molecule has 1 atom stereocenters. The topological polar surface area (TPSA) is 64.0 Å². The summed E-state index contributed by atoms with van der Waals surface area (Å²) in [5.41, 5.74) is 1.05. The Morgan fingerprint density at radius 1 is 1.59 bits per heavy atom. The first-order valence-corrected chi connectivity index (χ1v) is 7.85. The fourth-order valence-electron chi connectivity index (χ4n) is 1.52. The highest BCUT2D eigenvalue weighted by atomic mass is 32.2. The van der Waals surface area contributed by atoms with Gasteiger partial charge in [-0.2, -0.15) is 16.4 Å². The molecular formula is C10H13N3O2S2. The van der Waals surface area contributed by atoms with E-state index in [9.17, 15) is 8.42 Å². The molecule has 0 unspecified atom stereocenters. The van der Waals surface area contributed by atoms with Gasteiger partial charge < -0.3 is 0 Å². The summed E-state index contributed by atoms with van der Waals surface area (Å²) < 4.78 is 26.5. The van der Waals surface area contributed by atoms with Crippen LogP contribution < -0.4 is 4.72 Å². The van der Waals surface area contributed by atoms with Crippen molar-refractivity contribution < 1.29 is 8.42 Å². The maximum absolute atomic E-state index is 11.1.